The molecule has 21 heavy (non-hydrogen) atoms. The van der Waals surface area contributed by atoms with Gasteiger partial charge in [-0.15, -0.1) is 0 Å². The fourth-order valence-corrected chi connectivity index (χ4v) is 2.61. The number of nitriles is 1. The van der Waals surface area contributed by atoms with Crippen LogP contribution in [0.25, 0.3) is 0 Å². The van der Waals surface area contributed by atoms with Gasteiger partial charge in [0.05, 0.1) is 21.3 Å². The minimum atomic E-state index is -1.24. The largest absolute Gasteiger partial charge is 0.322 e. The Morgan fingerprint density at radius 2 is 2.00 bits per heavy atom. The van der Waals surface area contributed by atoms with Gasteiger partial charge in [0, 0.05) is 17.5 Å². The standard InChI is InChI=1S/C16H14N2O2S/c1-11-4-3-5-12(8-11)16(19)18-14-6-7-15(21(2)20)13(9-14)10-17/h3-9H,1-2H3,(H,18,19)/t21-/m0/s1. The maximum atomic E-state index is 12.1. The molecule has 0 aliphatic carbocycles. The Hall–Kier alpha value is -2.45. The van der Waals surface area contributed by atoms with Gasteiger partial charge in [0.25, 0.3) is 5.91 Å². The first kappa shape index (κ1) is 14.9. The number of nitrogens with zero attached hydrogens (tertiary/aromatic N) is 1. The molecule has 5 heteroatoms. The Kier molecular flexibility index (Phi) is 4.51. The van der Waals surface area contributed by atoms with Gasteiger partial charge in [0.1, 0.15) is 6.07 Å². The summed E-state index contributed by atoms with van der Waals surface area (Å²) in [7, 11) is -1.24. The number of aryl methyl sites for hydroxylation is 1. The molecule has 0 bridgehead atoms. The zero-order chi connectivity index (χ0) is 15.4. The van der Waals surface area contributed by atoms with E-state index in [4.69, 9.17) is 5.26 Å². The SMILES string of the molecule is Cc1cccc(C(=O)Nc2ccc([S@](C)=O)c(C#N)c2)c1. The van der Waals surface area contributed by atoms with Crippen LogP contribution < -0.4 is 5.32 Å². The van der Waals surface area contributed by atoms with Crippen LogP contribution in [-0.4, -0.2) is 16.4 Å². The molecule has 2 aromatic rings. The fraction of sp³-hybridized carbons (Fsp3) is 0.125. The van der Waals surface area contributed by atoms with Crippen molar-refractivity contribution >= 4 is 22.4 Å². The van der Waals surface area contributed by atoms with E-state index in [0.717, 1.165) is 5.56 Å². The molecule has 2 aromatic carbocycles. The number of hydrogen-bond acceptors (Lipinski definition) is 3. The maximum Gasteiger partial charge on any atom is 0.255 e. The van der Waals surface area contributed by atoms with Gasteiger partial charge >= 0.3 is 0 Å². The quantitative estimate of drug-likeness (QED) is 0.947. The molecule has 1 amide bonds. The van der Waals surface area contributed by atoms with Crippen LogP contribution >= 0.6 is 0 Å². The number of carbonyl (C=O) groups excluding carboxylic acids is 1. The molecule has 106 valence electrons. The van der Waals surface area contributed by atoms with E-state index in [1.54, 1.807) is 24.3 Å². The topological polar surface area (TPSA) is 70.0 Å². The number of anilines is 1. The van der Waals surface area contributed by atoms with Crippen molar-refractivity contribution in [2.75, 3.05) is 11.6 Å². The van der Waals surface area contributed by atoms with Crippen LogP contribution in [-0.2, 0) is 10.8 Å². The summed E-state index contributed by atoms with van der Waals surface area (Å²) in [6.07, 6.45) is 1.52. The van der Waals surface area contributed by atoms with Crippen molar-refractivity contribution in [2.45, 2.75) is 11.8 Å². The van der Waals surface area contributed by atoms with E-state index in [9.17, 15) is 9.00 Å². The van der Waals surface area contributed by atoms with Crippen molar-refractivity contribution < 1.29 is 9.00 Å². The summed E-state index contributed by atoms with van der Waals surface area (Å²) >= 11 is 0. The van der Waals surface area contributed by atoms with E-state index in [-0.39, 0.29) is 5.91 Å². The lowest BCUT2D eigenvalue weighted by molar-refractivity contribution is 0.102. The van der Waals surface area contributed by atoms with Gasteiger partial charge in [-0.05, 0) is 37.3 Å². The van der Waals surface area contributed by atoms with E-state index in [0.29, 0.717) is 21.7 Å². The predicted octanol–water partition coefficient (Wildman–Crippen LogP) is 2.86. The van der Waals surface area contributed by atoms with Crippen LogP contribution in [0.3, 0.4) is 0 Å². The van der Waals surface area contributed by atoms with E-state index < -0.39 is 10.8 Å². The number of carbonyl (C=O) groups is 1. The molecule has 0 aliphatic rings. The number of nitrogens with one attached hydrogen (secondary N) is 1. The van der Waals surface area contributed by atoms with Crippen molar-refractivity contribution in [3.05, 3.63) is 59.2 Å². The Balaban J connectivity index is 2.26. The summed E-state index contributed by atoms with van der Waals surface area (Å²) in [5.41, 5.74) is 2.36. The third-order valence-corrected chi connectivity index (χ3v) is 3.92. The van der Waals surface area contributed by atoms with Gasteiger partial charge in [-0.2, -0.15) is 5.26 Å². The first-order valence-corrected chi connectivity index (χ1v) is 7.82. The molecular weight excluding hydrogens is 284 g/mol. The molecule has 1 atom stereocenters. The molecule has 0 aliphatic heterocycles. The van der Waals surface area contributed by atoms with Gasteiger partial charge in [0.15, 0.2) is 0 Å². The van der Waals surface area contributed by atoms with Gasteiger partial charge in [-0.1, -0.05) is 17.7 Å². The van der Waals surface area contributed by atoms with Crippen LogP contribution in [0.1, 0.15) is 21.5 Å². The number of amides is 1. The zero-order valence-electron chi connectivity index (χ0n) is 11.7. The number of hydrogen-bond donors (Lipinski definition) is 1. The first-order valence-electron chi connectivity index (χ1n) is 6.27. The molecule has 2 rings (SSSR count). The maximum absolute atomic E-state index is 12.1. The lowest BCUT2D eigenvalue weighted by atomic mass is 10.1. The van der Waals surface area contributed by atoms with Gasteiger partial charge < -0.3 is 5.32 Å². The highest BCUT2D eigenvalue weighted by molar-refractivity contribution is 7.84. The summed E-state index contributed by atoms with van der Waals surface area (Å²) in [6.45, 7) is 1.91. The lowest BCUT2D eigenvalue weighted by Gasteiger charge is -2.08. The summed E-state index contributed by atoms with van der Waals surface area (Å²) in [4.78, 5) is 12.6. The third-order valence-electron chi connectivity index (χ3n) is 2.95. The molecule has 0 fully saturated rings. The van der Waals surface area contributed by atoms with Crippen LogP contribution in [0, 0.1) is 18.3 Å². The zero-order valence-corrected chi connectivity index (χ0v) is 12.5. The normalized spacial score (nSPS) is 11.5. The summed E-state index contributed by atoms with van der Waals surface area (Å²) in [5.74, 6) is -0.243. The van der Waals surface area contributed by atoms with Crippen molar-refractivity contribution in [2.24, 2.45) is 0 Å². The second kappa shape index (κ2) is 6.33. The van der Waals surface area contributed by atoms with Crippen LogP contribution in [0.5, 0.6) is 0 Å². The molecule has 0 saturated carbocycles. The summed E-state index contributed by atoms with van der Waals surface area (Å²) in [6, 6.07) is 14.0. The lowest BCUT2D eigenvalue weighted by Crippen LogP contribution is -2.12. The van der Waals surface area contributed by atoms with E-state index in [1.165, 1.54) is 12.3 Å². The average molecular weight is 298 g/mol. The van der Waals surface area contributed by atoms with Crippen LogP contribution in [0.4, 0.5) is 5.69 Å². The molecule has 0 aromatic heterocycles. The second-order valence-corrected chi connectivity index (χ2v) is 5.95. The molecule has 0 heterocycles. The summed E-state index contributed by atoms with van der Waals surface area (Å²) < 4.78 is 11.5. The molecule has 0 radical (unpaired) electrons. The molecule has 0 unspecified atom stereocenters. The monoisotopic (exact) mass is 298 g/mol. The van der Waals surface area contributed by atoms with E-state index in [2.05, 4.69) is 5.32 Å². The molecule has 0 saturated heterocycles. The minimum Gasteiger partial charge on any atom is -0.322 e. The smallest absolute Gasteiger partial charge is 0.255 e. The van der Waals surface area contributed by atoms with Crippen molar-refractivity contribution in [3.63, 3.8) is 0 Å². The molecular formula is C16H14N2O2S. The van der Waals surface area contributed by atoms with Gasteiger partial charge in [-0.25, -0.2) is 0 Å². The Labute approximate surface area is 125 Å². The average Bonchev–Trinajstić information content (AvgIpc) is 2.46. The highest BCUT2D eigenvalue weighted by Gasteiger charge is 2.10. The summed E-state index contributed by atoms with van der Waals surface area (Å²) in [5, 5.41) is 11.8. The Bertz CT molecular complexity index is 763. The number of benzene rings is 2. The second-order valence-electron chi connectivity index (χ2n) is 4.60. The molecule has 4 nitrogen and oxygen atoms in total. The van der Waals surface area contributed by atoms with Gasteiger partial charge in [-0.3, -0.25) is 9.00 Å². The van der Waals surface area contributed by atoms with Crippen LogP contribution in [0.2, 0.25) is 0 Å². The van der Waals surface area contributed by atoms with Gasteiger partial charge in [0.2, 0.25) is 0 Å². The first-order chi connectivity index (χ1) is 10.0. The fourth-order valence-electron chi connectivity index (χ4n) is 1.94. The highest BCUT2D eigenvalue weighted by Crippen LogP contribution is 2.18. The highest BCUT2D eigenvalue weighted by atomic mass is 32.2. The Morgan fingerprint density at radius 3 is 2.62 bits per heavy atom. The molecule has 0 spiro atoms. The Morgan fingerprint density at radius 1 is 1.24 bits per heavy atom. The minimum absolute atomic E-state index is 0.243. The predicted molar refractivity (Wildman–Crippen MR) is 82.6 cm³/mol. The van der Waals surface area contributed by atoms with Crippen molar-refractivity contribution in [3.8, 4) is 6.07 Å². The van der Waals surface area contributed by atoms with Crippen LogP contribution in [0.15, 0.2) is 47.4 Å². The molecule has 1 N–H and O–H groups in total. The van der Waals surface area contributed by atoms with Crippen molar-refractivity contribution in [1.82, 2.24) is 0 Å². The third kappa shape index (κ3) is 3.56. The number of rotatable bonds is 3. The van der Waals surface area contributed by atoms with E-state index >= 15 is 0 Å². The van der Waals surface area contributed by atoms with E-state index in [1.807, 2.05) is 25.1 Å². The van der Waals surface area contributed by atoms with Crippen molar-refractivity contribution in [1.29, 1.82) is 5.26 Å².